The molecule has 88 valence electrons. The number of aromatic nitrogens is 1. The van der Waals surface area contributed by atoms with Gasteiger partial charge in [-0.25, -0.2) is 4.79 Å². The maximum atomic E-state index is 10.6. The first-order valence-electron chi connectivity index (χ1n) is 5.12. The van der Waals surface area contributed by atoms with Crippen molar-refractivity contribution in [3.05, 3.63) is 47.7 Å². The lowest BCUT2D eigenvalue weighted by atomic mass is 10.3. The lowest BCUT2D eigenvalue weighted by Crippen LogP contribution is -1.99. The van der Waals surface area contributed by atoms with E-state index in [4.69, 9.17) is 9.52 Å². The number of pyridine rings is 1. The molecule has 0 radical (unpaired) electrons. The summed E-state index contributed by atoms with van der Waals surface area (Å²) in [5, 5.41) is 11.8. The number of carboxylic acid groups (broad SMARTS) is 1. The van der Waals surface area contributed by atoms with Crippen LogP contribution in [0, 0.1) is 6.92 Å². The van der Waals surface area contributed by atoms with Crippen molar-refractivity contribution in [2.75, 3.05) is 5.32 Å². The van der Waals surface area contributed by atoms with Crippen LogP contribution in [0.15, 0.2) is 35.1 Å². The lowest BCUT2D eigenvalue weighted by Gasteiger charge is -2.03. The second kappa shape index (κ2) is 4.69. The normalized spacial score (nSPS) is 10.2. The first-order chi connectivity index (χ1) is 8.15. The van der Waals surface area contributed by atoms with Crippen LogP contribution in [0.25, 0.3) is 0 Å². The highest BCUT2D eigenvalue weighted by Crippen LogP contribution is 2.11. The van der Waals surface area contributed by atoms with Gasteiger partial charge in [0, 0.05) is 5.69 Å². The third-order valence-electron chi connectivity index (χ3n) is 2.28. The molecule has 5 heteroatoms. The third kappa shape index (κ3) is 2.84. The van der Waals surface area contributed by atoms with Gasteiger partial charge in [0.05, 0.1) is 24.0 Å². The zero-order chi connectivity index (χ0) is 12.3. The second-order valence-corrected chi connectivity index (χ2v) is 3.65. The number of aryl methyl sites for hydroxylation is 1. The molecule has 0 aromatic carbocycles. The molecule has 0 aliphatic heterocycles. The minimum absolute atomic E-state index is 0.156. The number of hydrogen-bond acceptors (Lipinski definition) is 4. The van der Waals surface area contributed by atoms with Gasteiger partial charge in [-0.15, -0.1) is 0 Å². The van der Waals surface area contributed by atoms with Crippen LogP contribution >= 0.6 is 0 Å². The standard InChI is InChI=1S/C12H12N2O3/c1-8-2-3-10(5-13-8)14-6-11-4-9(7-17-11)12(15)16/h2-5,7,14H,6H2,1H3,(H,15,16). The van der Waals surface area contributed by atoms with Crippen LogP contribution in [0.2, 0.25) is 0 Å². The van der Waals surface area contributed by atoms with Gasteiger partial charge in [0.1, 0.15) is 12.0 Å². The van der Waals surface area contributed by atoms with E-state index in [1.54, 1.807) is 6.20 Å². The van der Waals surface area contributed by atoms with Gasteiger partial charge in [0.2, 0.25) is 0 Å². The minimum Gasteiger partial charge on any atom is -0.478 e. The molecular weight excluding hydrogens is 220 g/mol. The molecule has 2 N–H and O–H groups in total. The first kappa shape index (κ1) is 11.2. The highest BCUT2D eigenvalue weighted by Gasteiger charge is 2.07. The molecule has 17 heavy (non-hydrogen) atoms. The Labute approximate surface area is 98.1 Å². The van der Waals surface area contributed by atoms with Crippen LogP contribution in [-0.2, 0) is 6.54 Å². The molecule has 5 nitrogen and oxygen atoms in total. The molecule has 0 aliphatic carbocycles. The molecule has 0 saturated heterocycles. The molecular formula is C12H12N2O3. The van der Waals surface area contributed by atoms with E-state index in [1.165, 1.54) is 12.3 Å². The van der Waals surface area contributed by atoms with Gasteiger partial charge in [-0.3, -0.25) is 4.98 Å². The summed E-state index contributed by atoms with van der Waals surface area (Å²) in [7, 11) is 0. The van der Waals surface area contributed by atoms with Gasteiger partial charge < -0.3 is 14.8 Å². The Kier molecular flexibility index (Phi) is 3.09. The molecule has 2 heterocycles. The van der Waals surface area contributed by atoms with Gasteiger partial charge in [-0.05, 0) is 25.1 Å². The number of carbonyl (C=O) groups is 1. The number of rotatable bonds is 4. The van der Waals surface area contributed by atoms with Crippen molar-refractivity contribution in [1.82, 2.24) is 4.98 Å². The van der Waals surface area contributed by atoms with Crippen molar-refractivity contribution in [2.45, 2.75) is 13.5 Å². The van der Waals surface area contributed by atoms with Crippen LogP contribution in [0.5, 0.6) is 0 Å². The third-order valence-corrected chi connectivity index (χ3v) is 2.28. The summed E-state index contributed by atoms with van der Waals surface area (Å²) >= 11 is 0. The number of aromatic carboxylic acids is 1. The molecule has 0 amide bonds. The molecule has 2 rings (SSSR count). The quantitative estimate of drug-likeness (QED) is 0.845. The van der Waals surface area contributed by atoms with Gasteiger partial charge >= 0.3 is 5.97 Å². The molecule has 2 aromatic rings. The Hall–Kier alpha value is -2.30. The van der Waals surface area contributed by atoms with Crippen molar-refractivity contribution in [1.29, 1.82) is 0 Å². The number of anilines is 1. The summed E-state index contributed by atoms with van der Waals surface area (Å²) in [6.07, 6.45) is 2.95. The smallest absolute Gasteiger partial charge is 0.338 e. The van der Waals surface area contributed by atoms with Crippen LogP contribution in [-0.4, -0.2) is 16.1 Å². The highest BCUT2D eigenvalue weighted by atomic mass is 16.4. The molecule has 0 bridgehead atoms. The van der Waals surface area contributed by atoms with Gasteiger partial charge in [-0.1, -0.05) is 0 Å². The van der Waals surface area contributed by atoms with Crippen molar-refractivity contribution in [2.24, 2.45) is 0 Å². The molecule has 0 fully saturated rings. The average molecular weight is 232 g/mol. The Morgan fingerprint density at radius 3 is 2.94 bits per heavy atom. The predicted octanol–water partition coefficient (Wildman–Crippen LogP) is 2.29. The number of carboxylic acids is 1. The van der Waals surface area contributed by atoms with E-state index in [9.17, 15) is 4.79 Å². The molecule has 0 atom stereocenters. The highest BCUT2D eigenvalue weighted by molar-refractivity contribution is 5.87. The van der Waals surface area contributed by atoms with Gasteiger partial charge in [-0.2, -0.15) is 0 Å². The monoisotopic (exact) mass is 232 g/mol. The number of hydrogen-bond donors (Lipinski definition) is 2. The van der Waals surface area contributed by atoms with Crippen LogP contribution in [0.4, 0.5) is 5.69 Å². The Morgan fingerprint density at radius 2 is 2.35 bits per heavy atom. The average Bonchev–Trinajstić information content (AvgIpc) is 2.77. The van der Waals surface area contributed by atoms with Gasteiger partial charge in [0.25, 0.3) is 0 Å². The first-order valence-corrected chi connectivity index (χ1v) is 5.12. The molecule has 0 unspecified atom stereocenters. The molecule has 0 spiro atoms. The summed E-state index contributed by atoms with van der Waals surface area (Å²) in [5.74, 6) is -0.417. The molecule has 0 aliphatic rings. The summed E-state index contributed by atoms with van der Waals surface area (Å²) in [6, 6.07) is 5.30. The fraction of sp³-hybridized carbons (Fsp3) is 0.167. The van der Waals surface area contributed by atoms with E-state index in [2.05, 4.69) is 10.3 Å². The largest absolute Gasteiger partial charge is 0.478 e. The molecule has 2 aromatic heterocycles. The lowest BCUT2D eigenvalue weighted by molar-refractivity contribution is 0.0696. The summed E-state index contributed by atoms with van der Waals surface area (Å²) in [5.41, 5.74) is 1.97. The van der Waals surface area contributed by atoms with E-state index in [0.717, 1.165) is 11.4 Å². The summed E-state index contributed by atoms with van der Waals surface area (Å²) < 4.78 is 5.11. The maximum Gasteiger partial charge on any atom is 0.338 e. The Balaban J connectivity index is 1.97. The predicted molar refractivity (Wildman–Crippen MR) is 62.0 cm³/mol. The van der Waals surface area contributed by atoms with E-state index in [1.807, 2.05) is 19.1 Å². The maximum absolute atomic E-state index is 10.6. The van der Waals surface area contributed by atoms with E-state index in [0.29, 0.717) is 12.3 Å². The number of nitrogens with zero attached hydrogens (tertiary/aromatic N) is 1. The van der Waals surface area contributed by atoms with E-state index < -0.39 is 5.97 Å². The van der Waals surface area contributed by atoms with E-state index in [-0.39, 0.29) is 5.56 Å². The Morgan fingerprint density at radius 1 is 1.53 bits per heavy atom. The SMILES string of the molecule is Cc1ccc(NCc2cc(C(=O)O)co2)cn1. The number of furan rings is 1. The second-order valence-electron chi connectivity index (χ2n) is 3.65. The van der Waals surface area contributed by atoms with Crippen molar-refractivity contribution >= 4 is 11.7 Å². The fourth-order valence-electron chi connectivity index (χ4n) is 1.35. The Bertz CT molecular complexity index is 517. The van der Waals surface area contributed by atoms with Gasteiger partial charge in [0.15, 0.2) is 0 Å². The minimum atomic E-state index is -0.989. The van der Waals surface area contributed by atoms with Crippen LogP contribution in [0.3, 0.4) is 0 Å². The zero-order valence-electron chi connectivity index (χ0n) is 9.30. The summed E-state index contributed by atoms with van der Waals surface area (Å²) in [6.45, 7) is 2.34. The van der Waals surface area contributed by atoms with Crippen molar-refractivity contribution < 1.29 is 14.3 Å². The van der Waals surface area contributed by atoms with Crippen LogP contribution < -0.4 is 5.32 Å². The fourth-order valence-corrected chi connectivity index (χ4v) is 1.35. The summed E-state index contributed by atoms with van der Waals surface area (Å²) in [4.78, 5) is 14.8. The van der Waals surface area contributed by atoms with Crippen molar-refractivity contribution in [3.8, 4) is 0 Å². The topological polar surface area (TPSA) is 75.4 Å². The molecule has 0 saturated carbocycles. The van der Waals surface area contributed by atoms with Crippen molar-refractivity contribution in [3.63, 3.8) is 0 Å². The van der Waals surface area contributed by atoms with Crippen LogP contribution in [0.1, 0.15) is 21.8 Å². The number of nitrogens with one attached hydrogen (secondary N) is 1. The zero-order valence-corrected chi connectivity index (χ0v) is 9.30. The van der Waals surface area contributed by atoms with E-state index >= 15 is 0 Å².